The molecule has 1 unspecified atom stereocenters. The molecule has 1 aliphatic rings. The molecule has 1 fully saturated rings. The second-order valence-corrected chi connectivity index (χ2v) is 9.91. The lowest BCUT2D eigenvalue weighted by Gasteiger charge is -2.18. The molecule has 0 aliphatic carbocycles. The Morgan fingerprint density at radius 2 is 2.16 bits per heavy atom. The Labute approximate surface area is 155 Å². The fourth-order valence-electron chi connectivity index (χ4n) is 3.06. The Kier molecular flexibility index (Phi) is 5.67. The summed E-state index contributed by atoms with van der Waals surface area (Å²) >= 11 is 3.20. The van der Waals surface area contributed by atoms with E-state index in [4.69, 9.17) is 0 Å². The van der Waals surface area contributed by atoms with Crippen LogP contribution < -0.4 is 4.80 Å². The van der Waals surface area contributed by atoms with Crippen LogP contribution in [0.25, 0.3) is 10.2 Å². The number of carbonyl (C=O) groups is 1. The molecule has 1 aliphatic heterocycles. The highest BCUT2D eigenvalue weighted by molar-refractivity contribution is 7.98. The summed E-state index contributed by atoms with van der Waals surface area (Å²) in [5.41, 5.74) is 1.06. The third kappa shape index (κ3) is 3.99. The Bertz CT molecular complexity index is 946. The number of hydrogen-bond acceptors (Lipinski definition) is 5. The Morgan fingerprint density at radius 1 is 1.40 bits per heavy atom. The van der Waals surface area contributed by atoms with Crippen LogP contribution >= 0.6 is 23.1 Å². The highest BCUT2D eigenvalue weighted by atomic mass is 32.2. The molecular weight excluding hydrogens is 378 g/mol. The highest BCUT2D eigenvalue weighted by Gasteiger charge is 2.36. The number of amides is 1. The fraction of sp³-hybridized carbons (Fsp3) is 0.500. The zero-order valence-electron chi connectivity index (χ0n) is 14.2. The lowest BCUT2D eigenvalue weighted by molar-refractivity contribution is -0.121. The number of thiazole rings is 1. The van der Waals surface area contributed by atoms with Gasteiger partial charge in [-0.3, -0.25) is 4.79 Å². The molecule has 136 valence electrons. The van der Waals surface area contributed by atoms with Crippen LogP contribution in [-0.2, 0) is 21.4 Å². The van der Waals surface area contributed by atoms with Crippen molar-refractivity contribution in [1.82, 2.24) is 8.87 Å². The van der Waals surface area contributed by atoms with Crippen molar-refractivity contribution in [3.63, 3.8) is 0 Å². The third-order valence-electron chi connectivity index (χ3n) is 4.23. The van der Waals surface area contributed by atoms with Crippen LogP contribution in [0.5, 0.6) is 0 Å². The summed E-state index contributed by atoms with van der Waals surface area (Å²) in [6.07, 6.45) is 4.42. The summed E-state index contributed by atoms with van der Waals surface area (Å²) in [6.45, 7) is 1.15. The number of fused-ring (bicyclic) bond motifs is 1. The first-order valence-corrected chi connectivity index (χ1v) is 12.1. The van der Waals surface area contributed by atoms with Crippen molar-refractivity contribution >= 4 is 49.2 Å². The van der Waals surface area contributed by atoms with Gasteiger partial charge >= 0.3 is 0 Å². The normalized spacial score (nSPS) is 19.8. The standard InChI is InChI=1S/C16H21N3O3S3/c1-23-11-10-18-12-6-3-4-8-14(12)24-16(18)17-15(20)13-7-5-9-19(13)25(2,21)22/h3-4,6,8,13H,5,7,9-11H2,1-2H3. The van der Waals surface area contributed by atoms with Crippen LogP contribution in [0.15, 0.2) is 29.3 Å². The fourth-order valence-corrected chi connectivity index (χ4v) is 5.60. The van der Waals surface area contributed by atoms with Crippen molar-refractivity contribution in [2.75, 3.05) is 24.8 Å². The predicted octanol–water partition coefficient (Wildman–Crippen LogP) is 1.92. The molecule has 0 bridgehead atoms. The van der Waals surface area contributed by atoms with Gasteiger partial charge in [0.25, 0.3) is 5.91 Å². The van der Waals surface area contributed by atoms with Crippen LogP contribution in [-0.4, -0.2) is 54.0 Å². The molecule has 2 heterocycles. The number of rotatable bonds is 5. The lowest BCUT2D eigenvalue weighted by Crippen LogP contribution is -2.40. The molecule has 0 spiro atoms. The molecule has 1 aromatic carbocycles. The van der Waals surface area contributed by atoms with Gasteiger partial charge in [-0.1, -0.05) is 23.5 Å². The predicted molar refractivity (Wildman–Crippen MR) is 103 cm³/mol. The number of aromatic nitrogens is 1. The van der Waals surface area contributed by atoms with Gasteiger partial charge in [-0.15, -0.1) is 0 Å². The average molecular weight is 400 g/mol. The van der Waals surface area contributed by atoms with E-state index in [2.05, 4.69) is 4.99 Å². The van der Waals surface area contributed by atoms with E-state index < -0.39 is 16.1 Å². The average Bonchev–Trinajstić information content (AvgIpc) is 3.17. The van der Waals surface area contributed by atoms with Crippen molar-refractivity contribution in [3.05, 3.63) is 29.1 Å². The Hall–Kier alpha value is -1.16. The number of benzene rings is 1. The number of thioether (sulfide) groups is 1. The van der Waals surface area contributed by atoms with Crippen molar-refractivity contribution in [2.24, 2.45) is 4.99 Å². The van der Waals surface area contributed by atoms with Gasteiger partial charge < -0.3 is 4.57 Å². The molecule has 2 aromatic rings. The number of aryl methyl sites for hydroxylation is 1. The Morgan fingerprint density at radius 3 is 2.88 bits per heavy atom. The molecule has 25 heavy (non-hydrogen) atoms. The van der Waals surface area contributed by atoms with E-state index in [0.717, 1.165) is 28.8 Å². The van der Waals surface area contributed by atoms with E-state index in [-0.39, 0.29) is 5.91 Å². The smallest absolute Gasteiger partial charge is 0.266 e. The lowest BCUT2D eigenvalue weighted by atomic mass is 10.2. The number of nitrogens with zero attached hydrogens (tertiary/aromatic N) is 3. The number of hydrogen-bond donors (Lipinski definition) is 0. The molecule has 1 saturated heterocycles. The van der Waals surface area contributed by atoms with Crippen LogP contribution in [0.4, 0.5) is 0 Å². The topological polar surface area (TPSA) is 71.7 Å². The molecule has 0 radical (unpaired) electrons. The minimum atomic E-state index is -3.39. The molecule has 9 heteroatoms. The molecule has 0 saturated carbocycles. The minimum Gasteiger partial charge on any atom is -0.316 e. The van der Waals surface area contributed by atoms with Gasteiger partial charge in [0, 0.05) is 18.8 Å². The van der Waals surface area contributed by atoms with E-state index in [1.807, 2.05) is 35.1 Å². The highest BCUT2D eigenvalue weighted by Crippen LogP contribution is 2.22. The summed E-state index contributed by atoms with van der Waals surface area (Å²) in [6, 6.07) is 7.30. The van der Waals surface area contributed by atoms with Crippen molar-refractivity contribution < 1.29 is 13.2 Å². The third-order valence-corrected chi connectivity index (χ3v) is 7.17. The molecule has 0 N–H and O–H groups in total. The van der Waals surface area contributed by atoms with Gasteiger partial charge in [0.05, 0.1) is 16.5 Å². The monoisotopic (exact) mass is 399 g/mol. The number of sulfonamides is 1. The molecule has 1 atom stereocenters. The molecular formula is C16H21N3O3S3. The number of para-hydroxylation sites is 1. The van der Waals surface area contributed by atoms with E-state index in [9.17, 15) is 13.2 Å². The van der Waals surface area contributed by atoms with Crippen LogP contribution in [0.1, 0.15) is 12.8 Å². The SMILES string of the molecule is CSCCn1c(=NC(=O)C2CCCN2S(C)(=O)=O)sc2ccccc21. The van der Waals surface area contributed by atoms with Crippen LogP contribution in [0.3, 0.4) is 0 Å². The van der Waals surface area contributed by atoms with Crippen LogP contribution in [0.2, 0.25) is 0 Å². The van der Waals surface area contributed by atoms with E-state index >= 15 is 0 Å². The van der Waals surface area contributed by atoms with Gasteiger partial charge in [0.15, 0.2) is 4.80 Å². The zero-order valence-corrected chi connectivity index (χ0v) is 16.7. The largest absolute Gasteiger partial charge is 0.316 e. The van der Waals surface area contributed by atoms with E-state index in [0.29, 0.717) is 24.2 Å². The zero-order chi connectivity index (χ0) is 18.0. The molecule has 1 amide bonds. The summed E-state index contributed by atoms with van der Waals surface area (Å²) in [5, 5.41) is 0. The summed E-state index contributed by atoms with van der Waals surface area (Å²) in [5.74, 6) is 0.549. The summed E-state index contributed by atoms with van der Waals surface area (Å²) in [7, 11) is -3.39. The Balaban J connectivity index is 2.01. The van der Waals surface area contributed by atoms with Crippen LogP contribution in [0, 0.1) is 0 Å². The van der Waals surface area contributed by atoms with Gasteiger partial charge in [0.2, 0.25) is 10.0 Å². The maximum atomic E-state index is 12.7. The van der Waals surface area contributed by atoms with Gasteiger partial charge in [-0.25, -0.2) is 8.42 Å². The van der Waals surface area contributed by atoms with Crippen molar-refractivity contribution in [3.8, 4) is 0 Å². The van der Waals surface area contributed by atoms with Gasteiger partial charge in [-0.05, 0) is 31.2 Å². The van der Waals surface area contributed by atoms with E-state index in [1.54, 1.807) is 11.8 Å². The molecule has 3 rings (SSSR count). The summed E-state index contributed by atoms with van der Waals surface area (Å²) in [4.78, 5) is 17.7. The number of carbonyl (C=O) groups excluding carboxylic acids is 1. The van der Waals surface area contributed by atoms with Crippen molar-refractivity contribution in [2.45, 2.75) is 25.4 Å². The first kappa shape index (κ1) is 18.6. The first-order valence-electron chi connectivity index (χ1n) is 8.04. The van der Waals surface area contributed by atoms with Gasteiger partial charge in [-0.2, -0.15) is 21.1 Å². The molecule has 1 aromatic heterocycles. The molecule has 6 nitrogen and oxygen atoms in total. The minimum absolute atomic E-state index is 0.368. The van der Waals surface area contributed by atoms with Crippen molar-refractivity contribution in [1.29, 1.82) is 0 Å². The second kappa shape index (κ2) is 7.61. The van der Waals surface area contributed by atoms with Gasteiger partial charge in [0.1, 0.15) is 6.04 Å². The summed E-state index contributed by atoms with van der Waals surface area (Å²) < 4.78 is 28.2. The maximum absolute atomic E-state index is 12.7. The quantitative estimate of drug-likeness (QED) is 0.770. The maximum Gasteiger partial charge on any atom is 0.266 e. The van der Waals surface area contributed by atoms with E-state index in [1.165, 1.54) is 15.6 Å². The first-order chi connectivity index (χ1) is 11.9. The second-order valence-electron chi connectivity index (χ2n) is 5.98.